The highest BCUT2D eigenvalue weighted by molar-refractivity contribution is 6.09. The molecule has 8 heteroatoms. The van der Waals surface area contributed by atoms with Gasteiger partial charge in [0.1, 0.15) is 0 Å². The molecule has 0 aliphatic heterocycles. The van der Waals surface area contributed by atoms with Crippen molar-refractivity contribution < 1.29 is 14.7 Å². The Morgan fingerprint density at radius 3 is 2.65 bits per heavy atom. The minimum absolute atomic E-state index is 0.00343. The van der Waals surface area contributed by atoms with Crippen LogP contribution in [-0.2, 0) is 13.6 Å². The number of nitrogens with one attached hydrogen (secondary N) is 1. The second-order valence-corrected chi connectivity index (χ2v) is 4.31. The van der Waals surface area contributed by atoms with E-state index in [1.807, 2.05) is 13.8 Å². The minimum Gasteiger partial charge on any atom is -0.476 e. The number of carbonyl (C=O) groups excluding carboxylic acids is 1. The maximum Gasteiger partial charge on any atom is 0.357 e. The first-order chi connectivity index (χ1) is 9.42. The van der Waals surface area contributed by atoms with Crippen LogP contribution in [0.25, 0.3) is 0 Å². The van der Waals surface area contributed by atoms with Crippen molar-refractivity contribution in [2.45, 2.75) is 20.4 Å². The van der Waals surface area contributed by atoms with Crippen LogP contribution in [0.15, 0.2) is 12.3 Å². The van der Waals surface area contributed by atoms with Gasteiger partial charge in [-0.2, -0.15) is 10.2 Å². The second-order valence-electron chi connectivity index (χ2n) is 4.31. The number of hydrogen-bond donors (Lipinski definition) is 2. The van der Waals surface area contributed by atoms with Gasteiger partial charge in [0.25, 0.3) is 5.91 Å². The lowest BCUT2D eigenvalue weighted by Crippen LogP contribution is -2.15. The van der Waals surface area contributed by atoms with Crippen molar-refractivity contribution in [3.63, 3.8) is 0 Å². The first kappa shape index (κ1) is 13.8. The summed E-state index contributed by atoms with van der Waals surface area (Å²) in [6.45, 7) is 4.50. The average Bonchev–Trinajstić information content (AvgIpc) is 2.92. The third kappa shape index (κ3) is 2.53. The van der Waals surface area contributed by atoms with Crippen LogP contribution < -0.4 is 5.32 Å². The van der Waals surface area contributed by atoms with E-state index in [2.05, 4.69) is 15.5 Å². The van der Waals surface area contributed by atoms with Crippen LogP contribution in [0.5, 0.6) is 0 Å². The Labute approximate surface area is 115 Å². The molecule has 106 valence electrons. The molecule has 0 aliphatic rings. The molecule has 2 aromatic heterocycles. The molecule has 0 saturated carbocycles. The number of nitrogens with zero attached hydrogens (tertiary/aromatic N) is 4. The Balaban J connectivity index is 2.25. The summed E-state index contributed by atoms with van der Waals surface area (Å²) in [5.41, 5.74) is 0.632. The van der Waals surface area contributed by atoms with Gasteiger partial charge in [-0.1, -0.05) is 0 Å². The van der Waals surface area contributed by atoms with Crippen molar-refractivity contribution in [1.29, 1.82) is 0 Å². The number of rotatable bonds is 4. The van der Waals surface area contributed by atoms with Gasteiger partial charge < -0.3 is 10.4 Å². The summed E-state index contributed by atoms with van der Waals surface area (Å²) in [6, 6.07) is 1.72. The summed E-state index contributed by atoms with van der Waals surface area (Å²) in [6.07, 6.45) is 1.36. The highest BCUT2D eigenvalue weighted by atomic mass is 16.4. The first-order valence-corrected chi connectivity index (χ1v) is 6.05. The van der Waals surface area contributed by atoms with Crippen LogP contribution >= 0.6 is 0 Å². The Hall–Kier alpha value is -2.64. The quantitative estimate of drug-likeness (QED) is 0.864. The molecule has 0 radical (unpaired) electrons. The molecule has 0 aromatic carbocycles. The maximum atomic E-state index is 12.1. The molecule has 0 atom stereocenters. The van der Waals surface area contributed by atoms with E-state index in [4.69, 9.17) is 5.11 Å². The van der Waals surface area contributed by atoms with Gasteiger partial charge in [0.05, 0.1) is 5.56 Å². The Kier molecular flexibility index (Phi) is 3.55. The van der Waals surface area contributed by atoms with E-state index >= 15 is 0 Å². The predicted molar refractivity (Wildman–Crippen MR) is 70.8 cm³/mol. The number of aryl methyl sites for hydroxylation is 3. The third-order valence-electron chi connectivity index (χ3n) is 2.80. The van der Waals surface area contributed by atoms with E-state index in [-0.39, 0.29) is 11.3 Å². The molecule has 0 saturated heterocycles. The van der Waals surface area contributed by atoms with E-state index in [9.17, 15) is 9.59 Å². The lowest BCUT2D eigenvalue weighted by molar-refractivity contribution is 0.0685. The maximum absolute atomic E-state index is 12.1. The van der Waals surface area contributed by atoms with Gasteiger partial charge in [-0.05, 0) is 13.8 Å². The summed E-state index contributed by atoms with van der Waals surface area (Å²) >= 11 is 0. The number of anilines is 1. The number of aromatic nitrogens is 4. The molecule has 20 heavy (non-hydrogen) atoms. The largest absolute Gasteiger partial charge is 0.476 e. The number of carboxylic acid groups (broad SMARTS) is 1. The summed E-state index contributed by atoms with van der Waals surface area (Å²) in [4.78, 5) is 23.1. The molecule has 0 bridgehead atoms. The molecular weight excluding hydrogens is 262 g/mol. The zero-order chi connectivity index (χ0) is 14.9. The lowest BCUT2D eigenvalue weighted by atomic mass is 10.2. The van der Waals surface area contributed by atoms with Crippen molar-refractivity contribution in [3.05, 3.63) is 29.2 Å². The van der Waals surface area contributed by atoms with Crippen LogP contribution in [0.1, 0.15) is 33.5 Å². The molecule has 8 nitrogen and oxygen atoms in total. The van der Waals surface area contributed by atoms with Gasteiger partial charge in [-0.3, -0.25) is 14.2 Å². The molecule has 2 heterocycles. The van der Waals surface area contributed by atoms with Crippen LogP contribution in [0.2, 0.25) is 0 Å². The summed E-state index contributed by atoms with van der Waals surface area (Å²) in [5, 5.41) is 19.5. The van der Waals surface area contributed by atoms with E-state index < -0.39 is 11.9 Å². The molecule has 0 unspecified atom stereocenters. The van der Waals surface area contributed by atoms with Crippen molar-refractivity contribution >= 4 is 17.7 Å². The summed E-state index contributed by atoms with van der Waals surface area (Å²) in [7, 11) is 1.55. The highest BCUT2D eigenvalue weighted by Crippen LogP contribution is 2.12. The molecular formula is C12H15N5O3. The number of hydrogen-bond acceptors (Lipinski definition) is 4. The Morgan fingerprint density at radius 1 is 1.40 bits per heavy atom. The van der Waals surface area contributed by atoms with Crippen molar-refractivity contribution in [2.75, 3.05) is 5.32 Å². The van der Waals surface area contributed by atoms with E-state index in [0.717, 1.165) is 5.69 Å². The van der Waals surface area contributed by atoms with Crippen molar-refractivity contribution in [1.82, 2.24) is 19.6 Å². The molecule has 1 amide bonds. The average molecular weight is 277 g/mol. The third-order valence-corrected chi connectivity index (χ3v) is 2.80. The smallest absolute Gasteiger partial charge is 0.357 e. The molecule has 0 fully saturated rings. The van der Waals surface area contributed by atoms with Crippen molar-refractivity contribution in [3.8, 4) is 0 Å². The molecule has 0 spiro atoms. The van der Waals surface area contributed by atoms with E-state index in [0.29, 0.717) is 12.4 Å². The fourth-order valence-electron chi connectivity index (χ4n) is 1.89. The number of aromatic carboxylic acids is 1. The van der Waals surface area contributed by atoms with Crippen LogP contribution in [0.3, 0.4) is 0 Å². The monoisotopic (exact) mass is 277 g/mol. The summed E-state index contributed by atoms with van der Waals surface area (Å²) < 4.78 is 3.02. The fourth-order valence-corrected chi connectivity index (χ4v) is 1.89. The van der Waals surface area contributed by atoms with E-state index in [1.165, 1.54) is 10.9 Å². The fraction of sp³-hybridized carbons (Fsp3) is 0.333. The van der Waals surface area contributed by atoms with Gasteiger partial charge >= 0.3 is 5.97 Å². The summed E-state index contributed by atoms with van der Waals surface area (Å²) in [5.74, 6) is -1.41. The number of carboxylic acids is 1. The predicted octanol–water partition coefficient (Wildman–Crippen LogP) is 0.895. The normalized spacial score (nSPS) is 10.6. The van der Waals surface area contributed by atoms with Gasteiger partial charge in [0.15, 0.2) is 11.5 Å². The standard InChI is InChI=1S/C12H15N5O3/c1-4-17-7(2)5-9(14-17)13-11(18)8-6-16(3)15-10(8)12(19)20/h5-6H,4H2,1-3H3,(H,19,20)(H,13,14,18). The van der Waals surface area contributed by atoms with Gasteiger partial charge in [-0.25, -0.2) is 4.79 Å². The molecule has 2 aromatic rings. The molecule has 2 N–H and O–H groups in total. The molecule has 2 rings (SSSR count). The lowest BCUT2D eigenvalue weighted by Gasteiger charge is -2.00. The molecule has 0 aliphatic carbocycles. The Bertz CT molecular complexity index is 671. The van der Waals surface area contributed by atoms with E-state index in [1.54, 1.807) is 17.8 Å². The SMILES string of the molecule is CCn1nc(NC(=O)c2cn(C)nc2C(=O)O)cc1C. The Morgan fingerprint density at radius 2 is 2.10 bits per heavy atom. The van der Waals surface area contributed by atoms with Crippen LogP contribution in [0.4, 0.5) is 5.82 Å². The van der Waals surface area contributed by atoms with Gasteiger partial charge in [-0.15, -0.1) is 0 Å². The number of carbonyl (C=O) groups is 2. The van der Waals surface area contributed by atoms with Crippen LogP contribution in [-0.4, -0.2) is 36.5 Å². The zero-order valence-corrected chi connectivity index (χ0v) is 11.4. The highest BCUT2D eigenvalue weighted by Gasteiger charge is 2.21. The minimum atomic E-state index is -1.24. The van der Waals surface area contributed by atoms with Gasteiger partial charge in [0.2, 0.25) is 0 Å². The topological polar surface area (TPSA) is 102 Å². The van der Waals surface area contributed by atoms with Crippen molar-refractivity contribution in [2.24, 2.45) is 7.05 Å². The number of amides is 1. The zero-order valence-electron chi connectivity index (χ0n) is 11.4. The first-order valence-electron chi connectivity index (χ1n) is 6.05. The van der Waals surface area contributed by atoms with Crippen LogP contribution in [0, 0.1) is 6.92 Å². The second kappa shape index (κ2) is 5.16. The van der Waals surface area contributed by atoms with Gasteiger partial charge in [0, 0.05) is 31.5 Å².